The summed E-state index contributed by atoms with van der Waals surface area (Å²) in [4.78, 5) is 0. The van der Waals surface area contributed by atoms with E-state index in [9.17, 15) is 4.39 Å². The number of rotatable bonds is 2. The van der Waals surface area contributed by atoms with Crippen LogP contribution in [0.2, 0.25) is 0 Å². The van der Waals surface area contributed by atoms with Crippen LogP contribution < -0.4 is 5.73 Å². The SMILES string of the molecule is Cc1ccc(-c2nnnn2-c2ccc(C)c(F)c2)cc1N. The van der Waals surface area contributed by atoms with Crippen molar-refractivity contribution >= 4 is 5.69 Å². The molecule has 0 bridgehead atoms. The van der Waals surface area contributed by atoms with Crippen molar-refractivity contribution in [1.82, 2.24) is 20.2 Å². The van der Waals surface area contributed by atoms with Crippen LogP contribution in [0.15, 0.2) is 36.4 Å². The fraction of sp³-hybridized carbons (Fsp3) is 0.133. The molecule has 0 saturated heterocycles. The van der Waals surface area contributed by atoms with Crippen LogP contribution >= 0.6 is 0 Å². The summed E-state index contributed by atoms with van der Waals surface area (Å²) >= 11 is 0. The second-order valence-corrected chi connectivity index (χ2v) is 4.92. The van der Waals surface area contributed by atoms with E-state index >= 15 is 0 Å². The Morgan fingerprint density at radius 2 is 1.81 bits per heavy atom. The Bertz CT molecular complexity index is 744. The summed E-state index contributed by atoms with van der Waals surface area (Å²) in [7, 11) is 0. The molecular formula is C15H14FN5. The summed E-state index contributed by atoms with van der Waals surface area (Å²) < 4.78 is 15.2. The predicted molar refractivity (Wildman–Crippen MR) is 78.4 cm³/mol. The van der Waals surface area contributed by atoms with Crippen molar-refractivity contribution < 1.29 is 4.39 Å². The van der Waals surface area contributed by atoms with Crippen molar-refractivity contribution in [2.75, 3.05) is 5.73 Å². The number of nitrogens with zero attached hydrogens (tertiary/aromatic N) is 4. The molecule has 2 aromatic carbocycles. The van der Waals surface area contributed by atoms with Gasteiger partial charge in [-0.15, -0.1) is 5.10 Å². The number of hydrogen-bond donors (Lipinski definition) is 1. The van der Waals surface area contributed by atoms with Gasteiger partial charge in [-0.3, -0.25) is 0 Å². The molecule has 2 N–H and O–H groups in total. The highest BCUT2D eigenvalue weighted by molar-refractivity contribution is 5.64. The number of nitrogen functional groups attached to an aromatic ring is 1. The number of aryl methyl sites for hydroxylation is 2. The first-order valence-electron chi connectivity index (χ1n) is 6.47. The number of nitrogens with two attached hydrogens (primary N) is 1. The Morgan fingerprint density at radius 1 is 1.05 bits per heavy atom. The minimum absolute atomic E-state index is 0.294. The smallest absolute Gasteiger partial charge is 0.187 e. The average molecular weight is 283 g/mol. The van der Waals surface area contributed by atoms with Gasteiger partial charge in [-0.05, 0) is 53.6 Å². The van der Waals surface area contributed by atoms with Gasteiger partial charge in [-0.1, -0.05) is 18.2 Å². The zero-order chi connectivity index (χ0) is 15.0. The normalized spacial score (nSPS) is 10.8. The van der Waals surface area contributed by atoms with Crippen LogP contribution in [0.25, 0.3) is 17.1 Å². The lowest BCUT2D eigenvalue weighted by Crippen LogP contribution is -2.01. The lowest BCUT2D eigenvalue weighted by molar-refractivity contribution is 0.615. The molecule has 1 heterocycles. The van der Waals surface area contributed by atoms with Gasteiger partial charge >= 0.3 is 0 Å². The summed E-state index contributed by atoms with van der Waals surface area (Å²) in [5.74, 6) is 0.224. The number of benzene rings is 2. The van der Waals surface area contributed by atoms with Gasteiger partial charge in [0.25, 0.3) is 0 Å². The summed E-state index contributed by atoms with van der Waals surface area (Å²) in [6.07, 6.45) is 0. The molecule has 21 heavy (non-hydrogen) atoms. The van der Waals surface area contributed by atoms with Crippen LogP contribution in [0.5, 0.6) is 0 Å². The number of halogens is 1. The Balaban J connectivity index is 2.12. The second-order valence-electron chi connectivity index (χ2n) is 4.92. The highest BCUT2D eigenvalue weighted by atomic mass is 19.1. The maximum absolute atomic E-state index is 13.7. The van der Waals surface area contributed by atoms with Crippen LogP contribution in [-0.2, 0) is 0 Å². The molecule has 3 aromatic rings. The third-order valence-electron chi connectivity index (χ3n) is 3.41. The van der Waals surface area contributed by atoms with E-state index in [1.54, 1.807) is 19.1 Å². The zero-order valence-electron chi connectivity index (χ0n) is 11.7. The van der Waals surface area contributed by atoms with Gasteiger partial charge in [0, 0.05) is 11.3 Å². The molecule has 0 aliphatic rings. The summed E-state index contributed by atoms with van der Waals surface area (Å²) in [5, 5.41) is 11.6. The maximum atomic E-state index is 13.7. The van der Waals surface area contributed by atoms with Gasteiger partial charge in [0.2, 0.25) is 0 Å². The van der Waals surface area contributed by atoms with E-state index in [0.717, 1.165) is 11.1 Å². The molecule has 106 valence electrons. The number of anilines is 1. The highest BCUT2D eigenvalue weighted by Crippen LogP contribution is 2.24. The molecule has 0 aliphatic carbocycles. The Morgan fingerprint density at radius 3 is 2.52 bits per heavy atom. The number of aromatic nitrogens is 4. The van der Waals surface area contributed by atoms with Crippen molar-refractivity contribution in [3.05, 3.63) is 53.3 Å². The third-order valence-corrected chi connectivity index (χ3v) is 3.41. The first-order valence-corrected chi connectivity index (χ1v) is 6.47. The predicted octanol–water partition coefficient (Wildman–Crippen LogP) is 2.67. The molecule has 5 nitrogen and oxygen atoms in total. The fourth-order valence-electron chi connectivity index (χ4n) is 2.03. The number of hydrogen-bond acceptors (Lipinski definition) is 4. The minimum Gasteiger partial charge on any atom is -0.398 e. The van der Waals surface area contributed by atoms with Crippen molar-refractivity contribution in [3.8, 4) is 17.1 Å². The van der Waals surface area contributed by atoms with Crippen molar-refractivity contribution in [1.29, 1.82) is 0 Å². The summed E-state index contributed by atoms with van der Waals surface area (Å²) in [5.41, 5.74) is 9.50. The molecular weight excluding hydrogens is 269 g/mol. The molecule has 0 amide bonds. The quantitative estimate of drug-likeness (QED) is 0.734. The average Bonchev–Trinajstić information content (AvgIpc) is 2.94. The summed E-state index contributed by atoms with van der Waals surface area (Å²) in [6.45, 7) is 3.64. The largest absolute Gasteiger partial charge is 0.398 e. The topological polar surface area (TPSA) is 69.6 Å². The van der Waals surface area contributed by atoms with Crippen molar-refractivity contribution in [3.63, 3.8) is 0 Å². The van der Waals surface area contributed by atoms with Crippen LogP contribution in [0.4, 0.5) is 10.1 Å². The van der Waals surface area contributed by atoms with Crippen LogP contribution in [0.3, 0.4) is 0 Å². The van der Waals surface area contributed by atoms with E-state index in [1.807, 2.05) is 25.1 Å². The van der Waals surface area contributed by atoms with E-state index in [4.69, 9.17) is 5.73 Å². The van der Waals surface area contributed by atoms with E-state index in [-0.39, 0.29) is 5.82 Å². The molecule has 0 aliphatic heterocycles. The van der Waals surface area contributed by atoms with Gasteiger partial charge in [-0.25, -0.2) is 4.39 Å². The molecule has 6 heteroatoms. The monoisotopic (exact) mass is 283 g/mol. The Kier molecular flexibility index (Phi) is 3.13. The molecule has 0 radical (unpaired) electrons. The Hall–Kier alpha value is -2.76. The van der Waals surface area contributed by atoms with Crippen molar-refractivity contribution in [2.45, 2.75) is 13.8 Å². The van der Waals surface area contributed by atoms with E-state index < -0.39 is 0 Å². The second kappa shape index (κ2) is 4.97. The standard InChI is InChI=1S/C15H14FN5/c1-9-4-6-12(8-13(9)16)21-15(18-19-20-21)11-5-3-10(2)14(17)7-11/h3-8H,17H2,1-2H3. The molecule has 0 fully saturated rings. The lowest BCUT2D eigenvalue weighted by Gasteiger charge is -2.07. The molecule has 3 rings (SSSR count). The maximum Gasteiger partial charge on any atom is 0.187 e. The van der Waals surface area contributed by atoms with Crippen LogP contribution in [0, 0.1) is 19.7 Å². The van der Waals surface area contributed by atoms with Crippen LogP contribution in [-0.4, -0.2) is 20.2 Å². The zero-order valence-corrected chi connectivity index (χ0v) is 11.7. The molecule has 1 aromatic heterocycles. The van der Waals surface area contributed by atoms with E-state index in [2.05, 4.69) is 15.5 Å². The Labute approximate surface area is 121 Å². The molecule has 0 atom stereocenters. The first kappa shape index (κ1) is 13.2. The van der Waals surface area contributed by atoms with Gasteiger partial charge in [0.15, 0.2) is 5.82 Å². The minimum atomic E-state index is -0.294. The number of tetrazole rings is 1. The molecule has 0 spiro atoms. The summed E-state index contributed by atoms with van der Waals surface area (Å²) in [6, 6.07) is 10.5. The van der Waals surface area contributed by atoms with Gasteiger partial charge in [0.1, 0.15) is 5.82 Å². The van der Waals surface area contributed by atoms with Gasteiger partial charge in [-0.2, -0.15) is 4.68 Å². The lowest BCUT2D eigenvalue weighted by atomic mass is 10.1. The highest BCUT2D eigenvalue weighted by Gasteiger charge is 2.12. The van der Waals surface area contributed by atoms with Crippen LogP contribution in [0.1, 0.15) is 11.1 Å². The van der Waals surface area contributed by atoms with Gasteiger partial charge < -0.3 is 5.73 Å². The van der Waals surface area contributed by atoms with Gasteiger partial charge in [0.05, 0.1) is 5.69 Å². The fourth-order valence-corrected chi connectivity index (χ4v) is 2.03. The van der Waals surface area contributed by atoms with E-state index in [1.165, 1.54) is 10.7 Å². The first-order chi connectivity index (χ1) is 10.1. The third kappa shape index (κ3) is 2.35. The molecule has 0 unspecified atom stereocenters. The van der Waals surface area contributed by atoms with E-state index in [0.29, 0.717) is 22.8 Å². The molecule has 0 saturated carbocycles. The van der Waals surface area contributed by atoms with Crippen molar-refractivity contribution in [2.24, 2.45) is 0 Å².